The van der Waals surface area contributed by atoms with Crippen molar-refractivity contribution >= 4 is 29.4 Å². The minimum absolute atomic E-state index is 0.0364. The van der Waals surface area contributed by atoms with E-state index in [0.29, 0.717) is 5.56 Å². The third-order valence-electron chi connectivity index (χ3n) is 3.03. The van der Waals surface area contributed by atoms with Gasteiger partial charge >= 0.3 is 0 Å². The van der Waals surface area contributed by atoms with Crippen LogP contribution >= 0.6 is 11.6 Å². The molecule has 24 heavy (non-hydrogen) atoms. The van der Waals surface area contributed by atoms with Gasteiger partial charge in [-0.15, -0.1) is 0 Å². The van der Waals surface area contributed by atoms with E-state index in [9.17, 15) is 20.0 Å². The molecule has 0 atom stereocenters. The predicted octanol–water partition coefficient (Wildman–Crippen LogP) is 2.73. The lowest BCUT2D eigenvalue weighted by molar-refractivity contribution is -0.384. The van der Waals surface area contributed by atoms with Crippen LogP contribution in [0.1, 0.15) is 15.9 Å². The molecule has 2 aromatic carbocycles. The van der Waals surface area contributed by atoms with Gasteiger partial charge in [0.1, 0.15) is 0 Å². The zero-order valence-electron chi connectivity index (χ0n) is 12.4. The van der Waals surface area contributed by atoms with E-state index >= 15 is 0 Å². The molecule has 0 aliphatic carbocycles. The average Bonchev–Trinajstić information content (AvgIpc) is 2.56. The molecule has 9 heteroatoms. The summed E-state index contributed by atoms with van der Waals surface area (Å²) in [6, 6.07) is 8.27. The summed E-state index contributed by atoms with van der Waals surface area (Å²) in [4.78, 5) is 22.0. The maximum absolute atomic E-state index is 12.0. The third-order valence-corrected chi connectivity index (χ3v) is 3.34. The summed E-state index contributed by atoms with van der Waals surface area (Å²) < 4.78 is 4.96. The lowest BCUT2D eigenvalue weighted by Gasteiger charge is -2.05. The zero-order valence-corrected chi connectivity index (χ0v) is 13.1. The van der Waals surface area contributed by atoms with Crippen LogP contribution in [-0.2, 0) is 0 Å². The topological polar surface area (TPSA) is 114 Å². The van der Waals surface area contributed by atoms with Crippen molar-refractivity contribution in [2.24, 2.45) is 5.10 Å². The minimum atomic E-state index is -0.645. The van der Waals surface area contributed by atoms with Crippen molar-refractivity contribution < 1.29 is 19.6 Å². The highest BCUT2D eigenvalue weighted by Crippen LogP contribution is 2.28. The number of rotatable bonds is 5. The van der Waals surface area contributed by atoms with Crippen molar-refractivity contribution in [2.45, 2.75) is 0 Å². The first-order valence-electron chi connectivity index (χ1n) is 6.57. The van der Waals surface area contributed by atoms with Gasteiger partial charge in [-0.1, -0.05) is 17.7 Å². The van der Waals surface area contributed by atoms with E-state index in [-0.39, 0.29) is 27.8 Å². The molecule has 124 valence electrons. The summed E-state index contributed by atoms with van der Waals surface area (Å²) >= 11 is 5.86. The Labute approximate surface area is 141 Å². The number of nitrogens with one attached hydrogen (secondary N) is 1. The summed E-state index contributed by atoms with van der Waals surface area (Å²) in [5, 5.41) is 24.2. The smallest absolute Gasteiger partial charge is 0.272 e. The summed E-state index contributed by atoms with van der Waals surface area (Å²) in [7, 11) is 1.41. The first-order valence-corrected chi connectivity index (χ1v) is 6.95. The van der Waals surface area contributed by atoms with Crippen LogP contribution < -0.4 is 10.2 Å². The molecule has 0 saturated carbocycles. The van der Waals surface area contributed by atoms with Crippen molar-refractivity contribution in [3.8, 4) is 11.5 Å². The number of hydrogen-bond donors (Lipinski definition) is 2. The van der Waals surface area contributed by atoms with Gasteiger partial charge in [-0.3, -0.25) is 14.9 Å². The first-order chi connectivity index (χ1) is 11.4. The number of halogens is 1. The van der Waals surface area contributed by atoms with Crippen molar-refractivity contribution in [3.05, 3.63) is 62.7 Å². The van der Waals surface area contributed by atoms with Gasteiger partial charge in [0.05, 0.1) is 28.8 Å². The van der Waals surface area contributed by atoms with Crippen LogP contribution in [0.15, 0.2) is 41.5 Å². The fourth-order valence-electron chi connectivity index (χ4n) is 1.83. The molecule has 0 bridgehead atoms. The molecular formula is C15H12ClN3O5. The molecule has 0 spiro atoms. The quantitative estimate of drug-likeness (QED) is 0.489. The molecule has 2 aromatic rings. The fourth-order valence-corrected chi connectivity index (χ4v) is 2.09. The van der Waals surface area contributed by atoms with Crippen LogP contribution in [0.5, 0.6) is 11.5 Å². The van der Waals surface area contributed by atoms with Crippen LogP contribution in [-0.4, -0.2) is 29.3 Å². The normalized spacial score (nSPS) is 10.6. The van der Waals surface area contributed by atoms with Crippen molar-refractivity contribution in [2.75, 3.05) is 7.11 Å². The second-order valence-corrected chi connectivity index (χ2v) is 4.93. The van der Waals surface area contributed by atoms with Gasteiger partial charge in [-0.25, -0.2) is 5.43 Å². The van der Waals surface area contributed by atoms with Crippen LogP contribution in [0, 0.1) is 10.1 Å². The van der Waals surface area contributed by atoms with E-state index in [4.69, 9.17) is 16.3 Å². The summed E-state index contributed by atoms with van der Waals surface area (Å²) in [5.41, 5.74) is 2.38. The Balaban J connectivity index is 2.12. The molecule has 2 rings (SSSR count). The minimum Gasteiger partial charge on any atom is -0.504 e. The second kappa shape index (κ2) is 7.42. The third kappa shape index (κ3) is 3.79. The van der Waals surface area contributed by atoms with E-state index < -0.39 is 10.8 Å². The summed E-state index contributed by atoms with van der Waals surface area (Å²) in [5.74, 6) is -0.497. The number of phenols is 1. The van der Waals surface area contributed by atoms with Crippen molar-refractivity contribution in [1.82, 2.24) is 5.43 Å². The number of nitrogens with zero attached hydrogens (tertiary/aromatic N) is 2. The molecule has 1 amide bonds. The number of hydrazone groups is 1. The highest BCUT2D eigenvalue weighted by atomic mass is 35.5. The van der Waals surface area contributed by atoms with Gasteiger partial charge in [-0.05, 0) is 18.2 Å². The lowest BCUT2D eigenvalue weighted by Crippen LogP contribution is -2.18. The van der Waals surface area contributed by atoms with Gasteiger partial charge in [0, 0.05) is 17.7 Å². The van der Waals surface area contributed by atoms with E-state index in [0.717, 1.165) is 6.07 Å². The number of nitro benzene ring substituents is 1. The highest BCUT2D eigenvalue weighted by molar-refractivity contribution is 6.34. The van der Waals surface area contributed by atoms with Crippen molar-refractivity contribution in [1.29, 1.82) is 0 Å². The number of aromatic hydroxyl groups is 1. The average molecular weight is 350 g/mol. The van der Waals surface area contributed by atoms with Crippen molar-refractivity contribution in [3.63, 3.8) is 0 Å². The van der Waals surface area contributed by atoms with Crippen LogP contribution in [0.2, 0.25) is 5.02 Å². The number of phenolic OH excluding ortho intramolecular Hbond substituents is 1. The number of nitro groups is 1. The fraction of sp³-hybridized carbons (Fsp3) is 0.0667. The number of non-ortho nitro benzene ring substituents is 1. The number of hydrogen-bond acceptors (Lipinski definition) is 6. The van der Waals surface area contributed by atoms with Crippen LogP contribution in [0.25, 0.3) is 0 Å². The molecule has 2 N–H and O–H groups in total. The number of benzene rings is 2. The molecular weight excluding hydrogens is 338 g/mol. The Bertz CT molecular complexity index is 823. The van der Waals surface area contributed by atoms with E-state index in [1.165, 1.54) is 25.5 Å². The molecule has 0 fully saturated rings. The van der Waals surface area contributed by atoms with E-state index in [1.807, 2.05) is 0 Å². The molecule has 0 aliphatic heterocycles. The zero-order chi connectivity index (χ0) is 17.7. The van der Waals surface area contributed by atoms with Gasteiger partial charge < -0.3 is 9.84 Å². The molecule has 0 radical (unpaired) electrons. The first kappa shape index (κ1) is 17.2. The Hall–Kier alpha value is -3.13. The Morgan fingerprint density at radius 3 is 2.79 bits per heavy atom. The highest BCUT2D eigenvalue weighted by Gasteiger charge is 2.14. The van der Waals surface area contributed by atoms with E-state index in [1.54, 1.807) is 18.2 Å². The molecule has 0 aromatic heterocycles. The SMILES string of the molecule is COc1cccc(/C=N\NC(=O)c2ccc([N+](=O)[O-])cc2Cl)c1O. The molecule has 0 aliphatic rings. The van der Waals surface area contributed by atoms with Crippen LogP contribution in [0.3, 0.4) is 0 Å². The number of para-hydroxylation sites is 1. The summed E-state index contributed by atoms with van der Waals surface area (Å²) in [6.07, 6.45) is 1.23. The maximum Gasteiger partial charge on any atom is 0.272 e. The van der Waals surface area contributed by atoms with Gasteiger partial charge in [-0.2, -0.15) is 5.10 Å². The number of methoxy groups -OCH3 is 1. The Kier molecular flexibility index (Phi) is 5.33. The molecule has 0 heterocycles. The van der Waals surface area contributed by atoms with Crippen LogP contribution in [0.4, 0.5) is 5.69 Å². The Morgan fingerprint density at radius 2 is 2.17 bits per heavy atom. The van der Waals surface area contributed by atoms with Gasteiger partial charge in [0.15, 0.2) is 11.5 Å². The lowest BCUT2D eigenvalue weighted by atomic mass is 10.2. The molecule has 0 saturated heterocycles. The van der Waals surface area contributed by atoms with Gasteiger partial charge in [0.2, 0.25) is 0 Å². The second-order valence-electron chi connectivity index (χ2n) is 4.52. The maximum atomic E-state index is 12.0. The number of amides is 1. The standard InChI is InChI=1S/C15H12ClN3O5/c1-24-13-4-2-3-9(14(13)20)8-17-18-15(21)11-6-5-10(19(22)23)7-12(11)16/h2-8,20H,1H3,(H,18,21)/b17-8-. The summed E-state index contributed by atoms with van der Waals surface area (Å²) in [6.45, 7) is 0. The van der Waals surface area contributed by atoms with Gasteiger partial charge in [0.25, 0.3) is 11.6 Å². The van der Waals surface area contributed by atoms with E-state index in [2.05, 4.69) is 10.5 Å². The number of ether oxygens (including phenoxy) is 1. The largest absolute Gasteiger partial charge is 0.504 e. The molecule has 8 nitrogen and oxygen atoms in total. The number of carbonyl (C=O) groups excluding carboxylic acids is 1. The predicted molar refractivity (Wildman–Crippen MR) is 87.8 cm³/mol. The Morgan fingerprint density at radius 1 is 1.42 bits per heavy atom. The number of carbonyl (C=O) groups is 1. The molecule has 0 unspecified atom stereocenters. The monoisotopic (exact) mass is 349 g/mol.